The molecule has 1 atom stereocenters. The Balaban J connectivity index is 2.25. The summed E-state index contributed by atoms with van der Waals surface area (Å²) in [5.74, 6) is -0.411. The van der Waals surface area contributed by atoms with E-state index in [4.69, 9.17) is 9.79 Å². The normalized spacial score (nSPS) is 16.8. The third kappa shape index (κ3) is 4.29. The van der Waals surface area contributed by atoms with Crippen LogP contribution in [0, 0.1) is 0 Å². The summed E-state index contributed by atoms with van der Waals surface area (Å²) in [4.78, 5) is 29.9. The molecule has 0 fully saturated rings. The zero-order valence-corrected chi connectivity index (χ0v) is 12.4. The van der Waals surface area contributed by atoms with Gasteiger partial charge in [0.15, 0.2) is 5.78 Å². The third-order valence-electron chi connectivity index (χ3n) is 3.16. The lowest BCUT2D eigenvalue weighted by molar-refractivity contribution is -0.112. The Labute approximate surface area is 126 Å². The number of carbonyl (C=O) groups excluding carboxylic acids is 1. The van der Waals surface area contributed by atoms with Crippen molar-refractivity contribution < 1.29 is 29.4 Å². The Morgan fingerprint density at radius 1 is 1.23 bits per heavy atom. The maximum atomic E-state index is 11.9. The van der Waals surface area contributed by atoms with Crippen LogP contribution < -0.4 is 5.09 Å². The average Bonchev–Trinajstić information content (AvgIpc) is 2.39. The highest BCUT2D eigenvalue weighted by molar-refractivity contribution is 7.49. The Kier molecular flexibility index (Phi) is 4.83. The van der Waals surface area contributed by atoms with Gasteiger partial charge in [-0.1, -0.05) is 18.2 Å². The molecule has 8 heteroatoms. The van der Waals surface area contributed by atoms with Crippen molar-refractivity contribution in [2.45, 2.75) is 18.9 Å². The summed E-state index contributed by atoms with van der Waals surface area (Å²) in [7, 11) is -4.56. The van der Waals surface area contributed by atoms with Crippen molar-refractivity contribution in [3.8, 4) is 5.75 Å². The second-order valence-electron chi connectivity index (χ2n) is 4.91. The number of allylic oxidation sites excluding steroid dienone is 2. The van der Waals surface area contributed by atoms with Gasteiger partial charge in [-0.05, 0) is 23.8 Å². The third-order valence-corrected chi connectivity index (χ3v) is 3.72. The van der Waals surface area contributed by atoms with Crippen LogP contribution in [0.15, 0.2) is 47.7 Å². The fourth-order valence-electron chi connectivity index (χ4n) is 2.24. The van der Waals surface area contributed by atoms with E-state index in [2.05, 4.69) is 0 Å². The average molecular weight is 325 g/mol. The first-order valence-corrected chi connectivity index (χ1v) is 8.11. The highest BCUT2D eigenvalue weighted by Crippen LogP contribution is 2.34. The molecule has 1 aromatic carbocycles. The number of nitrogens with one attached hydrogen (secondary N) is 1. The van der Waals surface area contributed by atoms with E-state index in [0.29, 0.717) is 5.56 Å². The Morgan fingerprint density at radius 2 is 1.86 bits per heavy atom. The molecule has 0 saturated heterocycles. The second-order valence-corrected chi connectivity index (χ2v) is 6.22. The Hall–Kier alpha value is -1.92. The van der Waals surface area contributed by atoms with Crippen molar-refractivity contribution >= 4 is 13.5 Å². The second kappa shape index (κ2) is 6.46. The first kappa shape index (κ1) is 16.5. The highest BCUT2D eigenvalue weighted by atomic mass is 31.2. The van der Waals surface area contributed by atoms with Crippen molar-refractivity contribution in [2.24, 2.45) is 0 Å². The number of phenols is 1. The SMILES string of the molecule is O=C1C=CCC(NP(=O)(O)O)=C1C(O)Cc1ccc(O)cc1. The van der Waals surface area contributed by atoms with Crippen LogP contribution in [0.3, 0.4) is 0 Å². The molecule has 118 valence electrons. The van der Waals surface area contributed by atoms with Crippen LogP contribution in [0.1, 0.15) is 12.0 Å². The van der Waals surface area contributed by atoms with Gasteiger partial charge in [0, 0.05) is 24.1 Å². The lowest BCUT2D eigenvalue weighted by Gasteiger charge is -2.22. The van der Waals surface area contributed by atoms with E-state index in [9.17, 15) is 19.6 Å². The Bertz CT molecular complexity index is 673. The smallest absolute Gasteiger partial charge is 0.427 e. The topological polar surface area (TPSA) is 127 Å². The van der Waals surface area contributed by atoms with Gasteiger partial charge in [-0.3, -0.25) is 9.88 Å². The van der Waals surface area contributed by atoms with Crippen LogP contribution in [0.2, 0.25) is 0 Å². The van der Waals surface area contributed by atoms with Gasteiger partial charge in [0.1, 0.15) is 5.75 Å². The van der Waals surface area contributed by atoms with E-state index in [-0.39, 0.29) is 29.9 Å². The molecule has 0 aromatic heterocycles. The van der Waals surface area contributed by atoms with Crippen molar-refractivity contribution in [1.29, 1.82) is 0 Å². The van der Waals surface area contributed by atoms with Crippen molar-refractivity contribution in [2.75, 3.05) is 0 Å². The minimum Gasteiger partial charge on any atom is -0.508 e. The van der Waals surface area contributed by atoms with E-state index in [0.717, 1.165) is 0 Å². The van der Waals surface area contributed by atoms with Crippen LogP contribution in [0.4, 0.5) is 0 Å². The van der Waals surface area contributed by atoms with Gasteiger partial charge in [-0.25, -0.2) is 4.57 Å². The molecular weight excluding hydrogens is 309 g/mol. The molecule has 22 heavy (non-hydrogen) atoms. The molecule has 0 aliphatic heterocycles. The summed E-state index contributed by atoms with van der Waals surface area (Å²) >= 11 is 0. The zero-order valence-electron chi connectivity index (χ0n) is 11.5. The Morgan fingerprint density at radius 3 is 2.45 bits per heavy atom. The molecule has 0 spiro atoms. The summed E-state index contributed by atoms with van der Waals surface area (Å²) in [5, 5.41) is 21.5. The van der Waals surface area contributed by atoms with Gasteiger partial charge in [-0.2, -0.15) is 0 Å². The summed E-state index contributed by atoms with van der Waals surface area (Å²) < 4.78 is 11.1. The van der Waals surface area contributed by atoms with Gasteiger partial charge >= 0.3 is 7.75 Å². The van der Waals surface area contributed by atoms with Gasteiger partial charge < -0.3 is 20.0 Å². The van der Waals surface area contributed by atoms with Gasteiger partial charge in [0.25, 0.3) is 0 Å². The molecule has 0 amide bonds. The number of aliphatic hydroxyl groups excluding tert-OH is 1. The number of ketones is 1. The van der Waals surface area contributed by atoms with Crippen molar-refractivity contribution in [3.05, 3.63) is 53.3 Å². The molecule has 7 nitrogen and oxygen atoms in total. The molecule has 1 aliphatic carbocycles. The number of benzene rings is 1. The molecule has 1 unspecified atom stereocenters. The van der Waals surface area contributed by atoms with Gasteiger partial charge in [0.2, 0.25) is 0 Å². The summed E-state index contributed by atoms with van der Waals surface area (Å²) in [6.07, 6.45) is 1.73. The number of aliphatic hydroxyl groups is 1. The maximum Gasteiger partial charge on any atom is 0.427 e. The first-order chi connectivity index (χ1) is 10.3. The number of rotatable bonds is 5. The van der Waals surface area contributed by atoms with E-state index < -0.39 is 19.6 Å². The summed E-state index contributed by atoms with van der Waals surface area (Å²) in [5.41, 5.74) is 0.640. The minimum absolute atomic E-state index is 0.0205. The fourth-order valence-corrected chi connectivity index (χ4v) is 2.80. The molecular formula is C14H16NO6P. The van der Waals surface area contributed by atoms with E-state index in [1.807, 2.05) is 5.09 Å². The van der Waals surface area contributed by atoms with Crippen LogP contribution >= 0.6 is 7.75 Å². The molecule has 1 aromatic rings. The highest BCUT2D eigenvalue weighted by Gasteiger charge is 2.27. The van der Waals surface area contributed by atoms with E-state index in [1.54, 1.807) is 12.1 Å². The number of phenolic OH excluding ortho intramolecular Hbond substituents is 1. The van der Waals surface area contributed by atoms with Crippen molar-refractivity contribution in [3.63, 3.8) is 0 Å². The van der Waals surface area contributed by atoms with E-state index in [1.165, 1.54) is 24.3 Å². The lowest BCUT2D eigenvalue weighted by Crippen LogP contribution is -2.27. The predicted octanol–water partition coefficient (Wildman–Crippen LogP) is 0.761. The number of aromatic hydroxyl groups is 1. The monoisotopic (exact) mass is 325 g/mol. The largest absolute Gasteiger partial charge is 0.508 e. The number of carbonyl (C=O) groups is 1. The van der Waals surface area contributed by atoms with E-state index >= 15 is 0 Å². The standard InChI is InChI=1S/C14H16NO6P/c16-10-6-4-9(5-7-10)8-13(18)14-11(15-22(19,20)21)2-1-3-12(14)17/h1,3-7,13,16,18H,2,8H2,(H3,15,19,20,21). The molecule has 0 saturated carbocycles. The molecule has 0 heterocycles. The van der Waals surface area contributed by atoms with Crippen molar-refractivity contribution in [1.82, 2.24) is 5.09 Å². The molecule has 5 N–H and O–H groups in total. The maximum absolute atomic E-state index is 11.9. The summed E-state index contributed by atoms with van der Waals surface area (Å²) in [6.45, 7) is 0. The van der Waals surface area contributed by atoms with Crippen LogP contribution in [0.25, 0.3) is 0 Å². The minimum atomic E-state index is -4.56. The van der Waals surface area contributed by atoms with Crippen LogP contribution in [-0.2, 0) is 15.8 Å². The quantitative estimate of drug-likeness (QED) is 0.506. The summed E-state index contributed by atoms with van der Waals surface area (Å²) in [6, 6.07) is 6.10. The molecule has 0 bridgehead atoms. The van der Waals surface area contributed by atoms with Crippen LogP contribution in [0.5, 0.6) is 5.75 Å². The number of hydrogen-bond acceptors (Lipinski definition) is 4. The predicted molar refractivity (Wildman–Crippen MR) is 78.8 cm³/mol. The first-order valence-electron chi connectivity index (χ1n) is 6.50. The van der Waals surface area contributed by atoms with Gasteiger partial charge in [0.05, 0.1) is 6.10 Å². The van der Waals surface area contributed by atoms with Crippen LogP contribution in [-0.4, -0.2) is 31.9 Å². The zero-order chi connectivity index (χ0) is 16.3. The molecule has 0 radical (unpaired) electrons. The molecule has 1 aliphatic rings. The molecule has 2 rings (SSSR count). The fraction of sp³-hybridized carbons (Fsp3) is 0.214. The lowest BCUT2D eigenvalue weighted by atomic mass is 9.92. The number of hydrogen-bond donors (Lipinski definition) is 5. The van der Waals surface area contributed by atoms with Gasteiger partial charge in [-0.15, -0.1) is 0 Å².